The predicted molar refractivity (Wildman–Crippen MR) is 205 cm³/mol. The fraction of sp³-hybridized carbons (Fsp3) is 0.0213. The number of para-hydroxylation sites is 2. The van der Waals surface area contributed by atoms with Crippen molar-refractivity contribution in [1.82, 2.24) is 9.97 Å². The van der Waals surface area contributed by atoms with Crippen LogP contribution in [0.4, 0.5) is 0 Å². The molecule has 1 radical (unpaired) electrons. The molecule has 0 N–H and O–H groups in total. The van der Waals surface area contributed by atoms with Gasteiger partial charge in [0.25, 0.3) is 0 Å². The predicted octanol–water partition coefficient (Wildman–Crippen LogP) is 12.3. The molecule has 0 spiro atoms. The van der Waals surface area contributed by atoms with Gasteiger partial charge in [-0.05, 0) is 70.9 Å². The van der Waals surface area contributed by atoms with E-state index in [9.17, 15) is 0 Å². The van der Waals surface area contributed by atoms with Crippen LogP contribution in [0.2, 0.25) is 0 Å². The average molecular weight is 833 g/mol. The Hall–Kier alpha value is -5.93. The molecule has 0 aliphatic carbocycles. The molecule has 0 fully saturated rings. The summed E-state index contributed by atoms with van der Waals surface area (Å²) >= 11 is 0. The molecular weight excluding hydrogens is 801 g/mol. The van der Waals surface area contributed by atoms with Crippen molar-refractivity contribution in [3.63, 3.8) is 0 Å². The van der Waals surface area contributed by atoms with Crippen LogP contribution in [0.5, 0.6) is 0 Å². The Morgan fingerprint density at radius 2 is 1.14 bits per heavy atom. The quantitative estimate of drug-likeness (QED) is 0.162. The van der Waals surface area contributed by atoms with Gasteiger partial charge in [0.05, 0.1) is 0 Å². The first-order valence-electron chi connectivity index (χ1n) is 16.6. The van der Waals surface area contributed by atoms with Crippen LogP contribution in [0.3, 0.4) is 0 Å². The van der Waals surface area contributed by atoms with Crippen molar-refractivity contribution in [2.45, 2.75) is 6.92 Å². The molecule has 3 nitrogen and oxygen atoms in total. The minimum absolute atomic E-state index is 0. The molecular formula is C47H32IrN2O-2. The van der Waals surface area contributed by atoms with Crippen molar-refractivity contribution >= 4 is 21.9 Å². The number of hydrogen-bond donors (Lipinski definition) is 0. The van der Waals surface area contributed by atoms with Crippen molar-refractivity contribution in [3.8, 4) is 55.9 Å². The van der Waals surface area contributed by atoms with Gasteiger partial charge in [0.15, 0.2) is 0 Å². The van der Waals surface area contributed by atoms with Gasteiger partial charge >= 0.3 is 0 Å². The minimum Gasteiger partial charge on any atom is -0.455 e. The van der Waals surface area contributed by atoms with Crippen molar-refractivity contribution < 1.29 is 24.5 Å². The molecule has 9 rings (SSSR count). The third-order valence-corrected chi connectivity index (χ3v) is 8.72. The molecule has 4 heteroatoms. The van der Waals surface area contributed by atoms with Crippen molar-refractivity contribution in [2.24, 2.45) is 0 Å². The third kappa shape index (κ3) is 7.34. The standard InChI is InChI=1S/C36H24NO.C11H8N.Ir/c1-24-9-4-19-34(37-24)30-15-7-13-28(23-30)26-11-5-10-25(21-26)27-12-6-14-29(22-27)31-17-8-18-33-32-16-2-3-20-35(32)38-36(31)33;1-2-6-10(7-3-1)11-8-4-5-9-12-11;/h2-14,16-23H,1H3;1-6,8-9H;/q2*-1;. The first-order chi connectivity index (χ1) is 24.7. The SMILES string of the molecule is Cc1cccc(-c2[c-]ccc(-c3cccc(-c4cccc(-c5cccc6c5oc5ccccc56)c4)c3)c2)n1.[Ir].[c-]1ccccc1-c1ccccn1. The van der Waals surface area contributed by atoms with E-state index in [1.54, 1.807) is 6.20 Å². The van der Waals surface area contributed by atoms with Gasteiger partial charge in [-0.2, -0.15) is 0 Å². The summed E-state index contributed by atoms with van der Waals surface area (Å²) in [6.07, 6.45) is 1.79. The van der Waals surface area contributed by atoms with E-state index in [1.165, 1.54) is 11.1 Å². The van der Waals surface area contributed by atoms with Crippen molar-refractivity contribution in [2.75, 3.05) is 0 Å². The Bertz CT molecular complexity index is 2520. The topological polar surface area (TPSA) is 38.9 Å². The maximum atomic E-state index is 6.31. The smallest absolute Gasteiger partial charge is 0.143 e. The summed E-state index contributed by atoms with van der Waals surface area (Å²) in [6.45, 7) is 2.01. The monoisotopic (exact) mass is 833 g/mol. The number of benzene rings is 6. The van der Waals surface area contributed by atoms with E-state index < -0.39 is 0 Å². The molecule has 3 aromatic heterocycles. The number of rotatable bonds is 5. The second-order valence-corrected chi connectivity index (χ2v) is 12.1. The van der Waals surface area contributed by atoms with E-state index >= 15 is 0 Å². The number of hydrogen-bond acceptors (Lipinski definition) is 3. The Morgan fingerprint density at radius 1 is 0.490 bits per heavy atom. The van der Waals surface area contributed by atoms with Crippen LogP contribution in [0.15, 0.2) is 180 Å². The van der Waals surface area contributed by atoms with Gasteiger partial charge in [-0.25, -0.2) is 0 Å². The maximum Gasteiger partial charge on any atom is 0.143 e. The van der Waals surface area contributed by atoms with Crippen LogP contribution in [-0.2, 0) is 20.1 Å². The maximum absolute atomic E-state index is 6.31. The Balaban J connectivity index is 0.000000265. The van der Waals surface area contributed by atoms with E-state index in [0.29, 0.717) is 0 Å². The number of aromatic nitrogens is 2. The van der Waals surface area contributed by atoms with Crippen molar-refractivity contribution in [1.29, 1.82) is 0 Å². The summed E-state index contributed by atoms with van der Waals surface area (Å²) < 4.78 is 6.31. The van der Waals surface area contributed by atoms with Gasteiger partial charge in [-0.1, -0.05) is 97.1 Å². The Kier molecular flexibility index (Phi) is 10.1. The van der Waals surface area contributed by atoms with E-state index in [1.807, 2.05) is 85.8 Å². The summed E-state index contributed by atoms with van der Waals surface area (Å²) in [5.74, 6) is 0. The molecule has 6 aromatic carbocycles. The molecule has 0 bridgehead atoms. The largest absolute Gasteiger partial charge is 0.455 e. The van der Waals surface area contributed by atoms with Gasteiger partial charge in [0.2, 0.25) is 0 Å². The summed E-state index contributed by atoms with van der Waals surface area (Å²) in [7, 11) is 0. The molecule has 0 atom stereocenters. The fourth-order valence-electron chi connectivity index (χ4n) is 6.28. The number of nitrogens with zero attached hydrogens (tertiary/aromatic N) is 2. The Morgan fingerprint density at radius 3 is 1.90 bits per heavy atom. The first-order valence-corrected chi connectivity index (χ1v) is 16.6. The van der Waals surface area contributed by atoms with Crippen LogP contribution < -0.4 is 0 Å². The summed E-state index contributed by atoms with van der Waals surface area (Å²) in [6, 6.07) is 64.5. The molecule has 0 aliphatic heterocycles. The van der Waals surface area contributed by atoms with Crippen molar-refractivity contribution in [3.05, 3.63) is 194 Å². The second kappa shape index (κ2) is 15.3. The fourth-order valence-corrected chi connectivity index (χ4v) is 6.28. The molecule has 0 unspecified atom stereocenters. The van der Waals surface area contributed by atoms with E-state index in [4.69, 9.17) is 4.42 Å². The van der Waals surface area contributed by atoms with Gasteiger partial charge in [-0.15, -0.1) is 71.3 Å². The van der Waals surface area contributed by atoms with E-state index in [-0.39, 0.29) is 20.1 Å². The first kappa shape index (κ1) is 33.6. The number of pyridine rings is 2. The zero-order valence-corrected chi connectivity index (χ0v) is 30.3. The second-order valence-electron chi connectivity index (χ2n) is 12.1. The minimum atomic E-state index is 0. The normalized spacial score (nSPS) is 10.7. The summed E-state index contributed by atoms with van der Waals surface area (Å²) in [4.78, 5) is 8.90. The molecule has 247 valence electrons. The molecule has 9 aromatic rings. The number of furan rings is 1. The molecule has 0 saturated carbocycles. The van der Waals surface area contributed by atoms with Crippen LogP contribution in [0.25, 0.3) is 77.8 Å². The molecule has 0 amide bonds. The van der Waals surface area contributed by atoms with Crippen LogP contribution >= 0.6 is 0 Å². The van der Waals surface area contributed by atoms with E-state index in [0.717, 1.165) is 72.4 Å². The zero-order valence-electron chi connectivity index (χ0n) is 27.9. The molecule has 0 saturated heterocycles. The average Bonchev–Trinajstić information content (AvgIpc) is 3.58. The van der Waals surface area contributed by atoms with Gasteiger partial charge in [0, 0.05) is 48.3 Å². The van der Waals surface area contributed by atoms with E-state index in [2.05, 4.69) is 113 Å². The van der Waals surface area contributed by atoms with Crippen LogP contribution in [0.1, 0.15) is 5.69 Å². The van der Waals surface area contributed by atoms with Crippen LogP contribution in [-0.4, -0.2) is 9.97 Å². The zero-order chi connectivity index (χ0) is 33.7. The molecule has 51 heavy (non-hydrogen) atoms. The van der Waals surface area contributed by atoms with Crippen LogP contribution in [0, 0.1) is 19.1 Å². The number of aryl methyl sites for hydroxylation is 1. The van der Waals surface area contributed by atoms with Gasteiger partial charge in [0.1, 0.15) is 11.2 Å². The molecule has 0 aliphatic rings. The summed E-state index contributed by atoms with van der Waals surface area (Å²) in [5.41, 5.74) is 13.7. The molecule has 3 heterocycles. The summed E-state index contributed by atoms with van der Waals surface area (Å²) in [5, 5.41) is 2.29. The Labute approximate surface area is 311 Å². The third-order valence-electron chi connectivity index (χ3n) is 8.72. The number of fused-ring (bicyclic) bond motifs is 3. The van der Waals surface area contributed by atoms with Gasteiger partial charge < -0.3 is 14.4 Å². The van der Waals surface area contributed by atoms with Gasteiger partial charge in [-0.3, -0.25) is 0 Å².